The largest absolute Gasteiger partial charge is 0.508 e. The maximum atomic E-state index is 12.6. The molecule has 0 atom stereocenters. The monoisotopic (exact) mass is 299 g/mol. The van der Waals surface area contributed by atoms with Gasteiger partial charge in [-0.1, -0.05) is 12.8 Å². The number of hydrogen-bond donors (Lipinski definition) is 2. The van der Waals surface area contributed by atoms with Gasteiger partial charge in [0.2, 0.25) is 10.0 Å². The number of benzene rings is 1. The summed E-state index contributed by atoms with van der Waals surface area (Å²) in [6, 6.07) is 5.50. The normalized spacial score (nSPS) is 16.2. The third kappa shape index (κ3) is 3.04. The third-order valence-corrected chi connectivity index (χ3v) is 5.72. The molecule has 0 aromatic heterocycles. The van der Waals surface area contributed by atoms with Gasteiger partial charge in [0.15, 0.2) is 0 Å². The number of anilines is 1. The molecule has 0 aliphatic heterocycles. The second-order valence-electron chi connectivity index (χ2n) is 4.87. The molecular formula is C13H17NO5S. The number of hydrogen-bond acceptors (Lipinski definition) is 4. The highest BCUT2D eigenvalue weighted by Gasteiger charge is 2.35. The van der Waals surface area contributed by atoms with Gasteiger partial charge in [-0.05, 0) is 37.1 Å². The number of aromatic hydroxyl groups is 1. The maximum absolute atomic E-state index is 12.6. The SMILES string of the molecule is O=C(O)CN(c1ccc(O)cc1)S(=O)(=O)C1CCCC1. The summed E-state index contributed by atoms with van der Waals surface area (Å²) in [5.74, 6) is -1.21. The van der Waals surface area contributed by atoms with Crippen molar-refractivity contribution >= 4 is 21.7 Å². The van der Waals surface area contributed by atoms with Gasteiger partial charge in [-0.25, -0.2) is 8.42 Å². The van der Waals surface area contributed by atoms with E-state index < -0.39 is 27.8 Å². The third-order valence-electron chi connectivity index (χ3n) is 3.45. The quantitative estimate of drug-likeness (QED) is 0.860. The molecule has 1 aliphatic carbocycles. The van der Waals surface area contributed by atoms with E-state index in [9.17, 15) is 18.3 Å². The minimum absolute atomic E-state index is 0.00212. The number of rotatable bonds is 5. The van der Waals surface area contributed by atoms with E-state index in [4.69, 9.17) is 5.11 Å². The molecule has 1 aromatic carbocycles. The van der Waals surface area contributed by atoms with Crippen LogP contribution in [0.5, 0.6) is 5.75 Å². The molecule has 7 heteroatoms. The number of carboxylic acid groups (broad SMARTS) is 1. The van der Waals surface area contributed by atoms with Gasteiger partial charge in [-0.15, -0.1) is 0 Å². The molecule has 1 aromatic rings. The molecule has 110 valence electrons. The number of aliphatic carboxylic acids is 1. The predicted molar refractivity (Wildman–Crippen MR) is 74.3 cm³/mol. The zero-order chi connectivity index (χ0) is 14.8. The molecule has 1 fully saturated rings. The predicted octanol–water partition coefficient (Wildman–Crippen LogP) is 1.56. The number of carboxylic acids is 1. The maximum Gasteiger partial charge on any atom is 0.324 e. The number of phenolic OH excluding ortho intramolecular Hbond substituents is 1. The van der Waals surface area contributed by atoms with Crippen molar-refractivity contribution in [2.45, 2.75) is 30.9 Å². The van der Waals surface area contributed by atoms with Crippen LogP contribution < -0.4 is 4.31 Å². The van der Waals surface area contributed by atoms with E-state index in [0.717, 1.165) is 17.1 Å². The summed E-state index contributed by atoms with van der Waals surface area (Å²) in [5.41, 5.74) is 0.261. The Morgan fingerprint density at radius 3 is 2.25 bits per heavy atom. The van der Waals surface area contributed by atoms with E-state index in [1.54, 1.807) is 0 Å². The average Bonchev–Trinajstić information content (AvgIpc) is 2.91. The van der Waals surface area contributed by atoms with Crippen molar-refractivity contribution in [3.8, 4) is 5.75 Å². The smallest absolute Gasteiger partial charge is 0.324 e. The van der Waals surface area contributed by atoms with Crippen molar-refractivity contribution in [3.63, 3.8) is 0 Å². The Labute approximate surface area is 117 Å². The topological polar surface area (TPSA) is 94.9 Å². The fourth-order valence-corrected chi connectivity index (χ4v) is 4.43. The van der Waals surface area contributed by atoms with E-state index in [-0.39, 0.29) is 11.4 Å². The molecule has 0 saturated heterocycles. The summed E-state index contributed by atoms with van der Waals surface area (Å²) < 4.78 is 26.0. The van der Waals surface area contributed by atoms with Crippen LogP contribution >= 0.6 is 0 Å². The van der Waals surface area contributed by atoms with Crippen LogP contribution in [0.2, 0.25) is 0 Å². The fourth-order valence-electron chi connectivity index (χ4n) is 2.44. The van der Waals surface area contributed by atoms with E-state index in [1.807, 2.05) is 0 Å². The molecule has 2 rings (SSSR count). The van der Waals surface area contributed by atoms with E-state index >= 15 is 0 Å². The number of carbonyl (C=O) groups is 1. The Morgan fingerprint density at radius 1 is 1.20 bits per heavy atom. The molecule has 0 amide bonds. The molecule has 0 radical (unpaired) electrons. The molecule has 0 bridgehead atoms. The summed E-state index contributed by atoms with van der Waals surface area (Å²) in [5, 5.41) is 17.7. The van der Waals surface area contributed by atoms with Crippen LogP contribution in [0.1, 0.15) is 25.7 Å². The molecule has 6 nitrogen and oxygen atoms in total. The van der Waals surface area contributed by atoms with Crippen molar-refractivity contribution in [1.82, 2.24) is 0 Å². The number of phenols is 1. The van der Waals surface area contributed by atoms with Gasteiger partial charge in [0, 0.05) is 0 Å². The Balaban J connectivity index is 2.36. The molecular weight excluding hydrogens is 282 g/mol. The zero-order valence-electron chi connectivity index (χ0n) is 10.9. The Kier molecular flexibility index (Phi) is 4.17. The zero-order valence-corrected chi connectivity index (χ0v) is 11.7. The van der Waals surface area contributed by atoms with Crippen LogP contribution in [-0.2, 0) is 14.8 Å². The average molecular weight is 299 g/mol. The summed E-state index contributed by atoms with van der Waals surface area (Å²) in [6.45, 7) is -0.608. The minimum atomic E-state index is -3.69. The van der Waals surface area contributed by atoms with Crippen molar-refractivity contribution in [2.75, 3.05) is 10.8 Å². The molecule has 0 heterocycles. The standard InChI is InChI=1S/C13H17NO5S/c15-11-7-5-10(6-8-11)14(9-13(16)17)20(18,19)12-3-1-2-4-12/h5-8,12,15H,1-4,9H2,(H,16,17). The molecule has 1 saturated carbocycles. The number of nitrogens with zero attached hydrogens (tertiary/aromatic N) is 1. The Hall–Kier alpha value is -1.76. The second kappa shape index (κ2) is 5.70. The Bertz CT molecular complexity index is 575. The van der Waals surface area contributed by atoms with E-state index in [1.165, 1.54) is 24.3 Å². The van der Waals surface area contributed by atoms with Crippen LogP contribution in [0.3, 0.4) is 0 Å². The summed E-state index contributed by atoms with van der Waals surface area (Å²) in [4.78, 5) is 11.0. The lowest BCUT2D eigenvalue weighted by Crippen LogP contribution is -2.41. The lowest BCUT2D eigenvalue weighted by Gasteiger charge is -2.26. The van der Waals surface area contributed by atoms with Gasteiger partial charge < -0.3 is 10.2 Å². The lowest BCUT2D eigenvalue weighted by atomic mass is 10.3. The minimum Gasteiger partial charge on any atom is -0.508 e. The van der Waals surface area contributed by atoms with Gasteiger partial charge in [0.05, 0.1) is 10.9 Å². The number of sulfonamides is 1. The van der Waals surface area contributed by atoms with E-state index in [2.05, 4.69) is 0 Å². The highest BCUT2D eigenvalue weighted by Crippen LogP contribution is 2.30. The van der Waals surface area contributed by atoms with Gasteiger partial charge in [-0.3, -0.25) is 9.10 Å². The van der Waals surface area contributed by atoms with Gasteiger partial charge in [0.1, 0.15) is 12.3 Å². The highest BCUT2D eigenvalue weighted by molar-refractivity contribution is 7.93. The summed E-state index contributed by atoms with van der Waals surface area (Å²) in [6.07, 6.45) is 2.83. The van der Waals surface area contributed by atoms with Crippen LogP contribution in [0.25, 0.3) is 0 Å². The highest BCUT2D eigenvalue weighted by atomic mass is 32.2. The first-order chi connectivity index (χ1) is 9.41. The molecule has 0 unspecified atom stereocenters. The van der Waals surface area contributed by atoms with Gasteiger partial charge >= 0.3 is 5.97 Å². The van der Waals surface area contributed by atoms with Crippen LogP contribution in [0.4, 0.5) is 5.69 Å². The van der Waals surface area contributed by atoms with Crippen molar-refractivity contribution in [3.05, 3.63) is 24.3 Å². The molecule has 0 spiro atoms. The first-order valence-corrected chi connectivity index (χ1v) is 7.94. The Morgan fingerprint density at radius 2 is 1.75 bits per heavy atom. The van der Waals surface area contributed by atoms with Crippen molar-refractivity contribution in [1.29, 1.82) is 0 Å². The van der Waals surface area contributed by atoms with Gasteiger partial charge in [-0.2, -0.15) is 0 Å². The molecule has 1 aliphatic rings. The summed E-state index contributed by atoms with van der Waals surface area (Å²) >= 11 is 0. The van der Waals surface area contributed by atoms with Gasteiger partial charge in [0.25, 0.3) is 0 Å². The second-order valence-corrected chi connectivity index (χ2v) is 7.01. The van der Waals surface area contributed by atoms with Crippen LogP contribution in [-0.4, -0.2) is 36.4 Å². The van der Waals surface area contributed by atoms with Crippen molar-refractivity contribution < 1.29 is 23.4 Å². The van der Waals surface area contributed by atoms with Crippen LogP contribution in [0, 0.1) is 0 Å². The first kappa shape index (κ1) is 14.6. The van der Waals surface area contributed by atoms with E-state index in [0.29, 0.717) is 12.8 Å². The first-order valence-electron chi connectivity index (χ1n) is 6.43. The molecule has 2 N–H and O–H groups in total. The van der Waals surface area contributed by atoms with Crippen LogP contribution in [0.15, 0.2) is 24.3 Å². The fraction of sp³-hybridized carbons (Fsp3) is 0.462. The summed E-state index contributed by atoms with van der Waals surface area (Å²) in [7, 11) is -3.69. The molecule has 20 heavy (non-hydrogen) atoms. The lowest BCUT2D eigenvalue weighted by molar-refractivity contribution is -0.135. The van der Waals surface area contributed by atoms with Crippen molar-refractivity contribution in [2.24, 2.45) is 0 Å².